The van der Waals surface area contributed by atoms with Gasteiger partial charge in [-0.1, -0.05) is 18.9 Å². The van der Waals surface area contributed by atoms with Crippen LogP contribution in [0.3, 0.4) is 0 Å². The number of aromatic nitrogens is 2. The van der Waals surface area contributed by atoms with Gasteiger partial charge in [0.15, 0.2) is 0 Å². The van der Waals surface area contributed by atoms with Crippen molar-refractivity contribution >= 4 is 17.8 Å². The molecule has 1 aromatic rings. The first kappa shape index (κ1) is 11.7. The maximum absolute atomic E-state index is 5.61. The SMILES string of the molecule is CCNCc1nnc(N2CCSC(C)C2)o1. The van der Waals surface area contributed by atoms with E-state index in [1.165, 1.54) is 0 Å². The van der Waals surface area contributed by atoms with Crippen LogP contribution in [0.15, 0.2) is 4.42 Å². The summed E-state index contributed by atoms with van der Waals surface area (Å²) in [6.07, 6.45) is 0. The van der Waals surface area contributed by atoms with Gasteiger partial charge in [-0.25, -0.2) is 0 Å². The second-order valence-electron chi connectivity index (χ2n) is 3.89. The molecule has 1 aliphatic heterocycles. The van der Waals surface area contributed by atoms with Crippen molar-refractivity contribution in [3.8, 4) is 0 Å². The van der Waals surface area contributed by atoms with Crippen LogP contribution >= 0.6 is 11.8 Å². The van der Waals surface area contributed by atoms with Crippen LogP contribution in [0.5, 0.6) is 0 Å². The molecule has 1 aliphatic rings. The van der Waals surface area contributed by atoms with E-state index >= 15 is 0 Å². The maximum Gasteiger partial charge on any atom is 0.318 e. The zero-order chi connectivity index (χ0) is 11.4. The summed E-state index contributed by atoms with van der Waals surface area (Å²) in [4.78, 5) is 2.17. The summed E-state index contributed by atoms with van der Waals surface area (Å²) in [6, 6.07) is 0.667. The minimum atomic E-state index is 0.637. The Labute approximate surface area is 100.0 Å². The Bertz CT molecular complexity index is 330. The molecule has 1 N–H and O–H groups in total. The fourth-order valence-electron chi connectivity index (χ4n) is 1.67. The van der Waals surface area contributed by atoms with Crippen molar-refractivity contribution < 1.29 is 4.42 Å². The molecule has 6 heteroatoms. The third-order valence-electron chi connectivity index (χ3n) is 2.49. The van der Waals surface area contributed by atoms with Gasteiger partial charge in [-0.3, -0.25) is 0 Å². The van der Waals surface area contributed by atoms with Gasteiger partial charge in [0.05, 0.1) is 6.54 Å². The topological polar surface area (TPSA) is 54.2 Å². The molecule has 16 heavy (non-hydrogen) atoms. The summed E-state index contributed by atoms with van der Waals surface area (Å²) in [5.74, 6) is 1.80. The summed E-state index contributed by atoms with van der Waals surface area (Å²) < 4.78 is 5.61. The molecule has 0 bridgehead atoms. The second-order valence-corrected chi connectivity index (χ2v) is 5.43. The van der Waals surface area contributed by atoms with Crippen LogP contribution in [0.25, 0.3) is 0 Å². The lowest BCUT2D eigenvalue weighted by atomic mass is 10.4. The van der Waals surface area contributed by atoms with Gasteiger partial charge in [-0.15, -0.1) is 5.10 Å². The minimum absolute atomic E-state index is 0.637. The first-order valence-corrected chi connectivity index (χ1v) is 6.74. The highest BCUT2D eigenvalue weighted by Gasteiger charge is 2.21. The van der Waals surface area contributed by atoms with E-state index in [9.17, 15) is 0 Å². The average Bonchev–Trinajstić information content (AvgIpc) is 2.75. The summed E-state index contributed by atoms with van der Waals surface area (Å²) in [6.45, 7) is 7.84. The van der Waals surface area contributed by atoms with Gasteiger partial charge in [0.25, 0.3) is 0 Å². The summed E-state index contributed by atoms with van der Waals surface area (Å²) in [7, 11) is 0. The zero-order valence-corrected chi connectivity index (χ0v) is 10.6. The minimum Gasteiger partial charge on any atom is -0.407 e. The van der Waals surface area contributed by atoms with Crippen molar-refractivity contribution in [1.82, 2.24) is 15.5 Å². The highest BCUT2D eigenvalue weighted by atomic mass is 32.2. The van der Waals surface area contributed by atoms with E-state index in [4.69, 9.17) is 4.42 Å². The number of nitrogens with zero attached hydrogens (tertiary/aromatic N) is 3. The van der Waals surface area contributed by atoms with Crippen molar-refractivity contribution in [3.05, 3.63) is 5.89 Å². The van der Waals surface area contributed by atoms with E-state index in [-0.39, 0.29) is 0 Å². The van der Waals surface area contributed by atoms with Gasteiger partial charge >= 0.3 is 6.01 Å². The number of anilines is 1. The second kappa shape index (κ2) is 5.54. The van der Waals surface area contributed by atoms with Crippen molar-refractivity contribution in [3.63, 3.8) is 0 Å². The molecule has 2 heterocycles. The lowest BCUT2D eigenvalue weighted by molar-refractivity contribution is 0.464. The van der Waals surface area contributed by atoms with Crippen molar-refractivity contribution in [2.24, 2.45) is 0 Å². The summed E-state index contributed by atoms with van der Waals surface area (Å²) in [5.41, 5.74) is 0. The van der Waals surface area contributed by atoms with Crippen LogP contribution in [-0.4, -0.2) is 40.8 Å². The molecule has 2 rings (SSSR count). The highest BCUT2D eigenvalue weighted by molar-refractivity contribution is 8.00. The number of hydrogen-bond acceptors (Lipinski definition) is 6. The fraction of sp³-hybridized carbons (Fsp3) is 0.800. The molecule has 0 saturated carbocycles. The Morgan fingerprint density at radius 1 is 1.56 bits per heavy atom. The Morgan fingerprint density at radius 3 is 3.19 bits per heavy atom. The van der Waals surface area contributed by atoms with Crippen LogP contribution < -0.4 is 10.2 Å². The molecule has 5 nitrogen and oxygen atoms in total. The van der Waals surface area contributed by atoms with Crippen LogP contribution in [0, 0.1) is 0 Å². The molecular formula is C10H18N4OS. The lowest BCUT2D eigenvalue weighted by Gasteiger charge is -2.28. The third-order valence-corrected chi connectivity index (χ3v) is 3.63. The standard InChI is InChI=1S/C10H18N4OS/c1-3-11-6-9-12-13-10(15-9)14-4-5-16-8(2)7-14/h8,11H,3-7H2,1-2H3. The smallest absolute Gasteiger partial charge is 0.318 e. The Morgan fingerprint density at radius 2 is 2.44 bits per heavy atom. The molecule has 0 aliphatic carbocycles. The molecule has 0 spiro atoms. The van der Waals surface area contributed by atoms with Crippen LogP contribution in [0.4, 0.5) is 6.01 Å². The molecule has 1 fully saturated rings. The van der Waals surface area contributed by atoms with Gasteiger partial charge in [0.2, 0.25) is 5.89 Å². The Balaban J connectivity index is 1.95. The van der Waals surface area contributed by atoms with Crippen LogP contribution in [0.2, 0.25) is 0 Å². The van der Waals surface area contributed by atoms with Gasteiger partial charge in [-0.2, -0.15) is 11.8 Å². The molecule has 0 aromatic carbocycles. The molecule has 1 aromatic heterocycles. The fourth-order valence-corrected chi connectivity index (χ4v) is 2.68. The molecule has 0 amide bonds. The lowest BCUT2D eigenvalue weighted by Crippen LogP contribution is -2.36. The van der Waals surface area contributed by atoms with Crippen LogP contribution in [-0.2, 0) is 6.54 Å². The first-order valence-electron chi connectivity index (χ1n) is 5.69. The van der Waals surface area contributed by atoms with E-state index in [1.54, 1.807) is 0 Å². The van der Waals surface area contributed by atoms with E-state index < -0.39 is 0 Å². The van der Waals surface area contributed by atoms with Crippen molar-refractivity contribution in [2.75, 3.05) is 30.3 Å². The molecular weight excluding hydrogens is 224 g/mol. The predicted molar refractivity (Wildman–Crippen MR) is 65.8 cm³/mol. The Hall–Kier alpha value is -0.750. The third kappa shape index (κ3) is 2.89. The largest absolute Gasteiger partial charge is 0.407 e. The van der Waals surface area contributed by atoms with Gasteiger partial charge in [0.1, 0.15) is 0 Å². The van der Waals surface area contributed by atoms with Gasteiger partial charge < -0.3 is 14.6 Å². The first-order chi connectivity index (χ1) is 7.79. The maximum atomic E-state index is 5.61. The zero-order valence-electron chi connectivity index (χ0n) is 9.77. The Kier molecular flexibility index (Phi) is 4.06. The van der Waals surface area contributed by atoms with E-state index in [1.807, 2.05) is 11.8 Å². The number of hydrogen-bond donors (Lipinski definition) is 1. The van der Waals surface area contributed by atoms with Crippen molar-refractivity contribution in [2.45, 2.75) is 25.6 Å². The van der Waals surface area contributed by atoms with Crippen LogP contribution in [0.1, 0.15) is 19.7 Å². The van der Waals surface area contributed by atoms with Gasteiger partial charge in [-0.05, 0) is 6.54 Å². The highest BCUT2D eigenvalue weighted by Crippen LogP contribution is 2.22. The molecule has 1 saturated heterocycles. The number of rotatable bonds is 4. The number of nitrogens with one attached hydrogen (secondary N) is 1. The molecule has 1 atom stereocenters. The monoisotopic (exact) mass is 242 g/mol. The normalized spacial score (nSPS) is 21.4. The molecule has 1 unspecified atom stereocenters. The van der Waals surface area contributed by atoms with E-state index in [0.29, 0.717) is 23.7 Å². The predicted octanol–water partition coefficient (Wildman–Crippen LogP) is 1.12. The summed E-state index contributed by atoms with van der Waals surface area (Å²) in [5, 5.41) is 11.9. The number of thioether (sulfide) groups is 1. The quantitative estimate of drug-likeness (QED) is 0.854. The summed E-state index contributed by atoms with van der Waals surface area (Å²) >= 11 is 1.99. The van der Waals surface area contributed by atoms with E-state index in [0.717, 1.165) is 25.4 Å². The van der Waals surface area contributed by atoms with Gasteiger partial charge in [0, 0.05) is 24.1 Å². The van der Waals surface area contributed by atoms with Crippen molar-refractivity contribution in [1.29, 1.82) is 0 Å². The molecule has 90 valence electrons. The molecule has 0 radical (unpaired) electrons. The average molecular weight is 242 g/mol. The van der Waals surface area contributed by atoms with E-state index in [2.05, 4.69) is 34.3 Å².